The van der Waals surface area contributed by atoms with E-state index in [-0.39, 0.29) is 34.1 Å². The van der Waals surface area contributed by atoms with E-state index >= 15 is 0 Å². The summed E-state index contributed by atoms with van der Waals surface area (Å²) in [6.07, 6.45) is -15.0. The van der Waals surface area contributed by atoms with Gasteiger partial charge in [-0.3, -0.25) is 4.79 Å². The molecule has 56 heavy (non-hydrogen) atoms. The van der Waals surface area contributed by atoms with Crippen LogP contribution in [0, 0.1) is 0 Å². The van der Waals surface area contributed by atoms with Gasteiger partial charge in [0.1, 0.15) is 83.7 Å². The number of rotatable bonds is 11. The minimum absolute atomic E-state index is 0.0210. The van der Waals surface area contributed by atoms with Crippen molar-refractivity contribution in [2.75, 3.05) is 20.3 Å². The van der Waals surface area contributed by atoms with Crippen LogP contribution in [-0.2, 0) is 19.0 Å². The standard InChI is InChI=1S/C37H38O19/c1-50-21-10-16(5-8-19(21)40)34-35(29(45)26-20(41)11-18(12-22(26)53-34)52-36-32(48)30(46)27(43)23(13-38)54-36)56-37-33(49)31(47)28(44)24(55-37)14-51-25(42)9-4-15-2-6-17(39)7-3-15/h2-12,23-24,27-28,30-33,36-41,43-44,46-49H,13-14H2,1H3/b9-4+/t23?,24?,27-,28-,30+,31+,32?,33?,36-,37+/m1/s1. The second-order valence-corrected chi connectivity index (χ2v) is 12.8. The molecule has 0 saturated carbocycles. The van der Waals surface area contributed by atoms with Crippen LogP contribution in [-0.4, -0.2) is 139 Å². The zero-order chi connectivity index (χ0) is 40.4. The van der Waals surface area contributed by atoms with Gasteiger partial charge in [0.2, 0.25) is 23.8 Å². The Balaban J connectivity index is 1.32. The first-order valence-corrected chi connectivity index (χ1v) is 16.9. The van der Waals surface area contributed by atoms with Crippen LogP contribution in [0.5, 0.6) is 34.5 Å². The molecule has 4 unspecified atom stereocenters. The molecule has 10 atom stereocenters. The lowest BCUT2D eigenvalue weighted by Crippen LogP contribution is -2.60. The molecule has 2 saturated heterocycles. The number of methoxy groups -OCH3 is 1. The van der Waals surface area contributed by atoms with Crippen LogP contribution >= 0.6 is 0 Å². The molecule has 10 N–H and O–H groups in total. The summed E-state index contributed by atoms with van der Waals surface area (Å²) in [5.74, 6) is -3.37. The number of benzene rings is 3. The van der Waals surface area contributed by atoms with Crippen molar-refractivity contribution < 1.29 is 88.7 Å². The van der Waals surface area contributed by atoms with Crippen LogP contribution in [0.4, 0.5) is 0 Å². The average Bonchev–Trinajstić information content (AvgIpc) is 3.18. The molecule has 0 aliphatic carbocycles. The zero-order valence-corrected chi connectivity index (χ0v) is 29.2. The molecular formula is C37H38O19. The minimum Gasteiger partial charge on any atom is -0.508 e. The highest BCUT2D eigenvalue weighted by Gasteiger charge is 2.47. The molecule has 3 heterocycles. The lowest BCUT2D eigenvalue weighted by atomic mass is 9.99. The highest BCUT2D eigenvalue weighted by Crippen LogP contribution is 2.40. The number of phenols is 3. The van der Waals surface area contributed by atoms with Gasteiger partial charge in [0.15, 0.2) is 17.3 Å². The number of ether oxygens (including phenoxy) is 6. The summed E-state index contributed by atoms with van der Waals surface area (Å²) in [7, 11) is 1.25. The molecule has 19 heteroatoms. The molecule has 3 aromatic carbocycles. The predicted octanol–water partition coefficient (Wildman–Crippen LogP) is -0.793. The van der Waals surface area contributed by atoms with Gasteiger partial charge in [-0.05, 0) is 42.0 Å². The first kappa shape index (κ1) is 40.2. The monoisotopic (exact) mass is 786 g/mol. The number of aliphatic hydroxyl groups is 7. The number of aliphatic hydroxyl groups excluding tert-OH is 7. The molecule has 0 spiro atoms. The van der Waals surface area contributed by atoms with Crippen LogP contribution in [0.1, 0.15) is 5.56 Å². The molecule has 1 aromatic heterocycles. The Kier molecular flexibility index (Phi) is 12.0. The number of hydrogen-bond donors (Lipinski definition) is 10. The molecule has 2 aliphatic rings. The molecule has 19 nitrogen and oxygen atoms in total. The first-order chi connectivity index (χ1) is 26.7. The molecule has 4 aromatic rings. The van der Waals surface area contributed by atoms with Crippen molar-refractivity contribution in [2.24, 2.45) is 0 Å². The van der Waals surface area contributed by atoms with Gasteiger partial charge in [-0.15, -0.1) is 0 Å². The third-order valence-electron chi connectivity index (χ3n) is 9.05. The zero-order valence-electron chi connectivity index (χ0n) is 29.2. The molecule has 0 amide bonds. The summed E-state index contributed by atoms with van der Waals surface area (Å²) in [6.45, 7) is -1.40. The van der Waals surface area contributed by atoms with Crippen molar-refractivity contribution in [3.05, 3.63) is 76.5 Å². The van der Waals surface area contributed by atoms with E-state index in [4.69, 9.17) is 32.8 Å². The highest BCUT2D eigenvalue weighted by atomic mass is 16.7. The Hall–Kier alpha value is -5.48. The number of carbonyl (C=O) groups excluding carboxylic acids is 1. The van der Waals surface area contributed by atoms with E-state index in [1.165, 1.54) is 55.7 Å². The van der Waals surface area contributed by atoms with E-state index in [1.54, 1.807) is 0 Å². The Bertz CT molecular complexity index is 2110. The molecule has 2 aliphatic heterocycles. The number of aromatic hydroxyl groups is 3. The van der Waals surface area contributed by atoms with Gasteiger partial charge in [-0.2, -0.15) is 0 Å². The minimum atomic E-state index is -2.01. The largest absolute Gasteiger partial charge is 0.508 e. The van der Waals surface area contributed by atoms with E-state index in [1.807, 2.05) is 0 Å². The van der Waals surface area contributed by atoms with Crippen molar-refractivity contribution in [2.45, 2.75) is 61.4 Å². The lowest BCUT2D eigenvalue weighted by Gasteiger charge is -2.39. The Morgan fingerprint density at radius 3 is 2.07 bits per heavy atom. The van der Waals surface area contributed by atoms with Crippen molar-refractivity contribution in [3.8, 4) is 45.8 Å². The van der Waals surface area contributed by atoms with Gasteiger partial charge in [-0.25, -0.2) is 4.79 Å². The second kappa shape index (κ2) is 16.7. The van der Waals surface area contributed by atoms with Crippen molar-refractivity contribution in [1.82, 2.24) is 0 Å². The van der Waals surface area contributed by atoms with Crippen molar-refractivity contribution >= 4 is 23.0 Å². The third-order valence-corrected chi connectivity index (χ3v) is 9.05. The topological polar surface area (TPSA) is 305 Å². The van der Waals surface area contributed by atoms with Crippen molar-refractivity contribution in [3.63, 3.8) is 0 Å². The van der Waals surface area contributed by atoms with Gasteiger partial charge in [0, 0.05) is 23.8 Å². The van der Waals surface area contributed by atoms with Crippen LogP contribution in [0.3, 0.4) is 0 Å². The van der Waals surface area contributed by atoms with E-state index in [9.17, 15) is 60.7 Å². The maximum absolute atomic E-state index is 14.1. The molecule has 300 valence electrons. The molecule has 0 radical (unpaired) electrons. The normalized spacial score (nSPS) is 27.9. The van der Waals surface area contributed by atoms with Gasteiger partial charge in [0.25, 0.3) is 0 Å². The number of phenolic OH excluding ortho intramolecular Hbond substituents is 3. The number of fused-ring (bicyclic) bond motifs is 1. The van der Waals surface area contributed by atoms with E-state index in [0.717, 1.165) is 18.2 Å². The number of hydrogen-bond acceptors (Lipinski definition) is 19. The van der Waals surface area contributed by atoms with E-state index in [2.05, 4.69) is 0 Å². The van der Waals surface area contributed by atoms with E-state index in [0.29, 0.717) is 5.56 Å². The SMILES string of the molecule is COc1cc(-c2oc3cc(O[C@@H]4OC(CO)[C@@H](O)[C@H](O)C4O)cc(O)c3c(=O)c2O[C@@H]2OC(COC(=O)/C=C/c3ccc(O)cc3)[C@@H](O)[C@H](O)C2O)ccc1O. The summed E-state index contributed by atoms with van der Waals surface area (Å²) >= 11 is 0. The fourth-order valence-corrected chi connectivity index (χ4v) is 5.97. The Labute approximate surface area is 315 Å². The number of carbonyl (C=O) groups is 1. The molecular weight excluding hydrogens is 748 g/mol. The van der Waals surface area contributed by atoms with Crippen molar-refractivity contribution in [1.29, 1.82) is 0 Å². The van der Waals surface area contributed by atoms with Crippen LogP contribution in [0.2, 0.25) is 0 Å². The van der Waals surface area contributed by atoms with Gasteiger partial charge in [0.05, 0.1) is 13.7 Å². The maximum atomic E-state index is 14.1. The molecule has 2 fully saturated rings. The highest BCUT2D eigenvalue weighted by molar-refractivity contribution is 5.89. The predicted molar refractivity (Wildman–Crippen MR) is 188 cm³/mol. The maximum Gasteiger partial charge on any atom is 0.330 e. The fraction of sp³-hybridized carbons (Fsp3) is 0.351. The first-order valence-electron chi connectivity index (χ1n) is 16.9. The summed E-state index contributed by atoms with van der Waals surface area (Å²) in [4.78, 5) is 26.6. The van der Waals surface area contributed by atoms with Crippen LogP contribution in [0.15, 0.2) is 69.9 Å². The third kappa shape index (κ3) is 8.21. The average molecular weight is 787 g/mol. The van der Waals surface area contributed by atoms with Crippen LogP contribution < -0.4 is 19.6 Å². The Morgan fingerprint density at radius 2 is 1.41 bits per heavy atom. The molecule has 6 rings (SSSR count). The molecule has 0 bridgehead atoms. The van der Waals surface area contributed by atoms with E-state index < -0.39 is 109 Å². The number of esters is 1. The quantitative estimate of drug-likeness (QED) is 0.0658. The Morgan fingerprint density at radius 1 is 0.768 bits per heavy atom. The summed E-state index contributed by atoms with van der Waals surface area (Å²) in [5, 5.41) is 103. The lowest BCUT2D eigenvalue weighted by molar-refractivity contribution is -0.278. The summed E-state index contributed by atoms with van der Waals surface area (Å²) < 4.78 is 38.9. The second-order valence-electron chi connectivity index (χ2n) is 12.8. The van der Waals surface area contributed by atoms with Gasteiger partial charge >= 0.3 is 5.97 Å². The smallest absolute Gasteiger partial charge is 0.330 e. The van der Waals surface area contributed by atoms with Gasteiger partial charge in [-0.1, -0.05) is 12.1 Å². The summed E-state index contributed by atoms with van der Waals surface area (Å²) in [5.41, 5.74) is -0.829. The summed E-state index contributed by atoms with van der Waals surface area (Å²) in [6, 6.07) is 11.7. The fourth-order valence-electron chi connectivity index (χ4n) is 5.97. The van der Waals surface area contributed by atoms with Crippen LogP contribution in [0.25, 0.3) is 28.4 Å². The van der Waals surface area contributed by atoms with Gasteiger partial charge < -0.3 is 83.9 Å².